The highest BCUT2D eigenvalue weighted by Gasteiger charge is 2.22. The Balaban J connectivity index is 1.80. The van der Waals surface area contributed by atoms with Gasteiger partial charge in [0.15, 0.2) is 0 Å². The third-order valence-corrected chi connectivity index (χ3v) is 4.50. The van der Waals surface area contributed by atoms with Gasteiger partial charge in [0.05, 0.1) is 0 Å². The van der Waals surface area contributed by atoms with E-state index in [9.17, 15) is 0 Å². The van der Waals surface area contributed by atoms with Gasteiger partial charge in [-0.3, -0.25) is 0 Å². The van der Waals surface area contributed by atoms with Gasteiger partial charge in [-0.2, -0.15) is 0 Å². The molecule has 0 amide bonds. The normalized spacial score (nSPS) is 18.8. The summed E-state index contributed by atoms with van der Waals surface area (Å²) in [5.74, 6) is 2.98. The molecule has 19 heavy (non-hydrogen) atoms. The molecule has 0 aromatic rings. The summed E-state index contributed by atoms with van der Waals surface area (Å²) >= 11 is 0. The lowest BCUT2D eigenvalue weighted by atomic mass is 9.96. The van der Waals surface area contributed by atoms with E-state index >= 15 is 0 Å². The number of nitrogens with zero attached hydrogens (tertiary/aromatic N) is 1. The fourth-order valence-electron chi connectivity index (χ4n) is 3.27. The Morgan fingerprint density at radius 3 is 1.89 bits per heavy atom. The Kier molecular flexibility index (Phi) is 8.77. The van der Waals surface area contributed by atoms with E-state index in [0.717, 1.165) is 17.8 Å². The van der Waals surface area contributed by atoms with E-state index in [2.05, 4.69) is 32.8 Å². The third kappa shape index (κ3) is 10.4. The van der Waals surface area contributed by atoms with Gasteiger partial charge in [-0.1, -0.05) is 65.2 Å². The van der Waals surface area contributed by atoms with Crippen molar-refractivity contribution in [2.24, 2.45) is 17.8 Å². The maximum atomic E-state index is 2.46. The summed E-state index contributed by atoms with van der Waals surface area (Å²) in [7, 11) is 4.36. The molecule has 1 saturated carbocycles. The lowest BCUT2D eigenvalue weighted by Crippen LogP contribution is -2.19. The summed E-state index contributed by atoms with van der Waals surface area (Å²) < 4.78 is 0. The van der Waals surface area contributed by atoms with Gasteiger partial charge in [-0.05, 0) is 44.7 Å². The number of hydrogen-bond donors (Lipinski definition) is 0. The standard InChI is InChI=1S/C18H37N/c1-16(14-18-12-13-18)10-8-6-5-7-9-11-17(2)15-19(3)4/h16-18H,5-15H2,1-4H3. The molecule has 1 fully saturated rings. The molecule has 0 heterocycles. The van der Waals surface area contributed by atoms with Crippen LogP contribution in [0.5, 0.6) is 0 Å². The summed E-state index contributed by atoms with van der Waals surface area (Å²) in [4.78, 5) is 2.31. The molecular formula is C18H37N. The molecule has 0 radical (unpaired) electrons. The van der Waals surface area contributed by atoms with Gasteiger partial charge in [0.2, 0.25) is 0 Å². The van der Waals surface area contributed by atoms with Gasteiger partial charge in [0.25, 0.3) is 0 Å². The first kappa shape index (κ1) is 17.0. The second kappa shape index (κ2) is 9.80. The van der Waals surface area contributed by atoms with Crippen LogP contribution in [0.25, 0.3) is 0 Å². The van der Waals surface area contributed by atoms with E-state index in [1.165, 1.54) is 70.8 Å². The van der Waals surface area contributed by atoms with Crippen LogP contribution in [0.1, 0.15) is 78.1 Å². The van der Waals surface area contributed by atoms with Crippen LogP contribution in [0.15, 0.2) is 0 Å². The van der Waals surface area contributed by atoms with E-state index in [4.69, 9.17) is 0 Å². The molecule has 0 aliphatic heterocycles. The minimum absolute atomic E-state index is 0.869. The van der Waals surface area contributed by atoms with E-state index in [0.29, 0.717) is 0 Å². The summed E-state index contributed by atoms with van der Waals surface area (Å²) in [6, 6.07) is 0. The van der Waals surface area contributed by atoms with Crippen molar-refractivity contribution in [3.63, 3.8) is 0 Å². The molecule has 0 N–H and O–H groups in total. The largest absolute Gasteiger partial charge is 0.309 e. The Hall–Kier alpha value is -0.0400. The zero-order valence-corrected chi connectivity index (χ0v) is 14.0. The summed E-state index contributed by atoms with van der Waals surface area (Å²) in [5, 5.41) is 0. The Morgan fingerprint density at radius 2 is 1.37 bits per heavy atom. The summed E-state index contributed by atoms with van der Waals surface area (Å²) in [6.07, 6.45) is 14.8. The molecule has 0 saturated heterocycles. The topological polar surface area (TPSA) is 3.24 Å². The number of hydrogen-bond acceptors (Lipinski definition) is 1. The first-order valence-electron chi connectivity index (χ1n) is 8.72. The maximum Gasteiger partial charge on any atom is 0.0000920 e. The maximum absolute atomic E-state index is 2.46. The Morgan fingerprint density at radius 1 is 0.842 bits per heavy atom. The fourth-order valence-corrected chi connectivity index (χ4v) is 3.27. The Bertz CT molecular complexity index is 194. The van der Waals surface area contributed by atoms with Crippen LogP contribution < -0.4 is 0 Å². The van der Waals surface area contributed by atoms with Gasteiger partial charge in [0.1, 0.15) is 0 Å². The minimum Gasteiger partial charge on any atom is -0.309 e. The van der Waals surface area contributed by atoms with Crippen molar-refractivity contribution >= 4 is 0 Å². The van der Waals surface area contributed by atoms with E-state index in [-0.39, 0.29) is 0 Å². The van der Waals surface area contributed by atoms with Gasteiger partial charge in [-0.15, -0.1) is 0 Å². The molecule has 0 bridgehead atoms. The van der Waals surface area contributed by atoms with Crippen molar-refractivity contribution in [3.8, 4) is 0 Å². The predicted octanol–water partition coefficient (Wildman–Crippen LogP) is 5.35. The van der Waals surface area contributed by atoms with E-state index in [1.807, 2.05) is 0 Å². The SMILES string of the molecule is CC(CCCCCCCC(C)CN(C)C)CC1CC1. The third-order valence-electron chi connectivity index (χ3n) is 4.50. The fraction of sp³-hybridized carbons (Fsp3) is 1.00. The second-order valence-corrected chi connectivity index (χ2v) is 7.50. The number of unbranched alkanes of at least 4 members (excludes halogenated alkanes) is 4. The summed E-state index contributed by atoms with van der Waals surface area (Å²) in [5.41, 5.74) is 0. The summed E-state index contributed by atoms with van der Waals surface area (Å²) in [6.45, 7) is 6.10. The molecule has 0 aromatic heterocycles. The first-order chi connectivity index (χ1) is 9.08. The van der Waals surface area contributed by atoms with Crippen LogP contribution in [-0.4, -0.2) is 25.5 Å². The highest BCUT2D eigenvalue weighted by atomic mass is 15.1. The molecule has 114 valence electrons. The smallest absolute Gasteiger partial charge is 0.0000920 e. The second-order valence-electron chi connectivity index (χ2n) is 7.50. The Labute approximate surface area is 122 Å². The van der Waals surface area contributed by atoms with Crippen molar-refractivity contribution in [1.82, 2.24) is 4.90 Å². The van der Waals surface area contributed by atoms with Crippen molar-refractivity contribution in [3.05, 3.63) is 0 Å². The van der Waals surface area contributed by atoms with E-state index < -0.39 is 0 Å². The molecule has 2 atom stereocenters. The van der Waals surface area contributed by atoms with Crippen molar-refractivity contribution < 1.29 is 0 Å². The lowest BCUT2D eigenvalue weighted by Gasteiger charge is -2.16. The van der Waals surface area contributed by atoms with Crippen molar-refractivity contribution in [2.75, 3.05) is 20.6 Å². The van der Waals surface area contributed by atoms with E-state index in [1.54, 1.807) is 0 Å². The van der Waals surface area contributed by atoms with Crippen LogP contribution in [0.3, 0.4) is 0 Å². The molecule has 2 unspecified atom stereocenters. The average Bonchev–Trinajstić information content (AvgIpc) is 3.10. The van der Waals surface area contributed by atoms with Crippen LogP contribution in [-0.2, 0) is 0 Å². The molecule has 1 aliphatic carbocycles. The predicted molar refractivity (Wildman–Crippen MR) is 86.5 cm³/mol. The van der Waals surface area contributed by atoms with Crippen LogP contribution >= 0.6 is 0 Å². The van der Waals surface area contributed by atoms with Gasteiger partial charge >= 0.3 is 0 Å². The molecule has 1 nitrogen and oxygen atoms in total. The van der Waals surface area contributed by atoms with Crippen molar-refractivity contribution in [2.45, 2.75) is 78.1 Å². The number of rotatable bonds is 12. The molecule has 0 spiro atoms. The average molecular weight is 268 g/mol. The van der Waals surface area contributed by atoms with Crippen molar-refractivity contribution in [1.29, 1.82) is 0 Å². The van der Waals surface area contributed by atoms with Gasteiger partial charge in [-0.25, -0.2) is 0 Å². The monoisotopic (exact) mass is 267 g/mol. The molecule has 1 heteroatoms. The molecule has 1 rings (SSSR count). The zero-order chi connectivity index (χ0) is 14.1. The quantitative estimate of drug-likeness (QED) is 0.431. The molecule has 0 aromatic carbocycles. The first-order valence-corrected chi connectivity index (χ1v) is 8.72. The van der Waals surface area contributed by atoms with Crippen LogP contribution in [0.4, 0.5) is 0 Å². The van der Waals surface area contributed by atoms with Gasteiger partial charge < -0.3 is 4.90 Å². The lowest BCUT2D eigenvalue weighted by molar-refractivity contribution is 0.321. The minimum atomic E-state index is 0.869. The van der Waals surface area contributed by atoms with Gasteiger partial charge in [0, 0.05) is 6.54 Å². The van der Waals surface area contributed by atoms with Crippen LogP contribution in [0.2, 0.25) is 0 Å². The zero-order valence-electron chi connectivity index (χ0n) is 14.0. The molecular weight excluding hydrogens is 230 g/mol. The highest BCUT2D eigenvalue weighted by molar-refractivity contribution is 4.75. The molecule has 1 aliphatic rings. The highest BCUT2D eigenvalue weighted by Crippen LogP contribution is 2.36. The van der Waals surface area contributed by atoms with Crippen LogP contribution in [0, 0.1) is 17.8 Å².